The van der Waals surface area contributed by atoms with Crippen LogP contribution < -0.4 is 5.32 Å². The molecule has 2 rings (SSSR count). The summed E-state index contributed by atoms with van der Waals surface area (Å²) in [6, 6.07) is 16.7. The molecule has 144 valence electrons. The van der Waals surface area contributed by atoms with Crippen LogP contribution in [0.1, 0.15) is 38.3 Å². The predicted molar refractivity (Wildman–Crippen MR) is 110 cm³/mol. The molecule has 27 heavy (non-hydrogen) atoms. The predicted octanol–water partition coefficient (Wildman–Crippen LogP) is 4.21. The zero-order valence-electron chi connectivity index (χ0n) is 16.1. The van der Waals surface area contributed by atoms with E-state index in [-0.39, 0.29) is 17.9 Å². The van der Waals surface area contributed by atoms with Crippen molar-refractivity contribution in [2.24, 2.45) is 0 Å². The summed E-state index contributed by atoms with van der Waals surface area (Å²) < 4.78 is 0. The molecule has 0 spiro atoms. The van der Waals surface area contributed by atoms with Crippen LogP contribution in [0.3, 0.4) is 0 Å². The van der Waals surface area contributed by atoms with Crippen molar-refractivity contribution < 1.29 is 9.59 Å². The highest BCUT2D eigenvalue weighted by molar-refractivity contribution is 6.30. The van der Waals surface area contributed by atoms with Gasteiger partial charge in [-0.3, -0.25) is 9.59 Å². The number of rotatable bonds is 8. The molecule has 1 N–H and O–H groups in total. The van der Waals surface area contributed by atoms with Crippen molar-refractivity contribution in [1.29, 1.82) is 0 Å². The quantitative estimate of drug-likeness (QED) is 0.738. The molecule has 0 saturated carbocycles. The molecule has 0 saturated heterocycles. The summed E-state index contributed by atoms with van der Waals surface area (Å²) >= 11 is 6.08. The number of hydrogen-bond donors (Lipinski definition) is 1. The standard InChI is InChI=1S/C22H27ClN2O2/c1-16(2)24-22(27)17(3)25(15-19-10-7-11-20(23)14-19)21(26)13-12-18-8-5-4-6-9-18/h4-11,14,16-17H,12-13,15H2,1-3H3,(H,24,27)/t17-/m0/s1. The third kappa shape index (κ3) is 6.72. The van der Waals surface area contributed by atoms with Crippen LogP contribution in [0.2, 0.25) is 5.02 Å². The van der Waals surface area contributed by atoms with Gasteiger partial charge in [0, 0.05) is 24.0 Å². The van der Waals surface area contributed by atoms with Crippen LogP contribution in [-0.4, -0.2) is 28.8 Å². The SMILES string of the molecule is CC(C)NC(=O)[C@H](C)N(Cc1cccc(Cl)c1)C(=O)CCc1ccccc1. The van der Waals surface area contributed by atoms with Crippen LogP contribution in [0.25, 0.3) is 0 Å². The van der Waals surface area contributed by atoms with Crippen molar-refractivity contribution in [2.45, 2.75) is 52.2 Å². The first-order valence-corrected chi connectivity index (χ1v) is 9.63. The Morgan fingerprint density at radius 2 is 1.67 bits per heavy atom. The Bertz CT molecular complexity index is 762. The molecule has 0 radical (unpaired) electrons. The monoisotopic (exact) mass is 386 g/mol. The van der Waals surface area contributed by atoms with Gasteiger partial charge in [0.2, 0.25) is 11.8 Å². The van der Waals surface area contributed by atoms with Gasteiger partial charge in [-0.05, 0) is 50.5 Å². The maximum absolute atomic E-state index is 13.0. The molecule has 0 unspecified atom stereocenters. The smallest absolute Gasteiger partial charge is 0.242 e. The van der Waals surface area contributed by atoms with Gasteiger partial charge in [-0.15, -0.1) is 0 Å². The summed E-state index contributed by atoms with van der Waals surface area (Å²) in [5.41, 5.74) is 2.01. The van der Waals surface area contributed by atoms with Gasteiger partial charge in [0.15, 0.2) is 0 Å². The maximum Gasteiger partial charge on any atom is 0.242 e. The zero-order chi connectivity index (χ0) is 19.8. The van der Waals surface area contributed by atoms with Crippen molar-refractivity contribution >= 4 is 23.4 Å². The number of nitrogens with one attached hydrogen (secondary N) is 1. The first kappa shape index (κ1) is 21.0. The summed E-state index contributed by atoms with van der Waals surface area (Å²) in [5, 5.41) is 3.50. The van der Waals surface area contributed by atoms with Crippen molar-refractivity contribution in [3.05, 3.63) is 70.7 Å². The van der Waals surface area contributed by atoms with E-state index in [1.54, 1.807) is 17.9 Å². The van der Waals surface area contributed by atoms with E-state index in [1.807, 2.05) is 62.4 Å². The Labute approximate surface area is 166 Å². The zero-order valence-corrected chi connectivity index (χ0v) is 16.9. The van der Waals surface area contributed by atoms with E-state index in [2.05, 4.69) is 5.32 Å². The lowest BCUT2D eigenvalue weighted by atomic mass is 10.1. The average molecular weight is 387 g/mol. The van der Waals surface area contributed by atoms with Crippen molar-refractivity contribution in [3.63, 3.8) is 0 Å². The van der Waals surface area contributed by atoms with Crippen LogP contribution >= 0.6 is 11.6 Å². The lowest BCUT2D eigenvalue weighted by molar-refractivity contribution is -0.140. The Balaban J connectivity index is 2.14. The number of carbonyl (C=O) groups excluding carboxylic acids is 2. The number of amides is 2. The van der Waals surface area contributed by atoms with Crippen LogP contribution in [0.4, 0.5) is 0 Å². The number of hydrogen-bond acceptors (Lipinski definition) is 2. The van der Waals surface area contributed by atoms with E-state index in [0.29, 0.717) is 24.4 Å². The summed E-state index contributed by atoms with van der Waals surface area (Å²) in [6.45, 7) is 5.93. The third-order valence-electron chi connectivity index (χ3n) is 4.31. The molecule has 1 atom stereocenters. The second-order valence-electron chi connectivity index (χ2n) is 6.98. The second-order valence-corrected chi connectivity index (χ2v) is 7.41. The molecule has 2 aromatic rings. The fraction of sp³-hybridized carbons (Fsp3) is 0.364. The van der Waals surface area contributed by atoms with Crippen molar-refractivity contribution in [1.82, 2.24) is 10.2 Å². The highest BCUT2D eigenvalue weighted by Crippen LogP contribution is 2.16. The van der Waals surface area contributed by atoms with Gasteiger partial charge in [-0.25, -0.2) is 0 Å². The number of carbonyl (C=O) groups is 2. The highest BCUT2D eigenvalue weighted by atomic mass is 35.5. The van der Waals surface area contributed by atoms with Crippen LogP contribution in [-0.2, 0) is 22.6 Å². The van der Waals surface area contributed by atoms with Gasteiger partial charge in [-0.2, -0.15) is 0 Å². The topological polar surface area (TPSA) is 49.4 Å². The molecular weight excluding hydrogens is 360 g/mol. The van der Waals surface area contributed by atoms with Crippen molar-refractivity contribution in [2.75, 3.05) is 0 Å². The largest absolute Gasteiger partial charge is 0.352 e. The normalized spacial score (nSPS) is 11.9. The fourth-order valence-electron chi connectivity index (χ4n) is 2.86. The van der Waals surface area contributed by atoms with Gasteiger partial charge in [0.05, 0.1) is 0 Å². The second kappa shape index (κ2) is 10.1. The molecule has 0 bridgehead atoms. The lowest BCUT2D eigenvalue weighted by Crippen LogP contribution is -2.49. The summed E-state index contributed by atoms with van der Waals surface area (Å²) in [4.78, 5) is 27.1. The van der Waals surface area contributed by atoms with E-state index in [9.17, 15) is 9.59 Å². The molecule has 0 aliphatic carbocycles. The van der Waals surface area contributed by atoms with E-state index in [0.717, 1.165) is 11.1 Å². The van der Waals surface area contributed by atoms with Gasteiger partial charge in [0.1, 0.15) is 6.04 Å². The van der Waals surface area contributed by atoms with Gasteiger partial charge >= 0.3 is 0 Å². The highest BCUT2D eigenvalue weighted by Gasteiger charge is 2.26. The fourth-order valence-corrected chi connectivity index (χ4v) is 3.07. The number of halogens is 1. The minimum atomic E-state index is -0.561. The Hall–Kier alpha value is -2.33. The van der Waals surface area contributed by atoms with Gasteiger partial charge in [0.25, 0.3) is 0 Å². The first-order chi connectivity index (χ1) is 12.9. The molecule has 2 amide bonds. The summed E-state index contributed by atoms with van der Waals surface area (Å²) in [7, 11) is 0. The molecule has 0 heterocycles. The van der Waals surface area contributed by atoms with E-state index in [4.69, 9.17) is 11.6 Å². The number of aryl methyl sites for hydroxylation is 1. The van der Waals surface area contributed by atoms with E-state index >= 15 is 0 Å². The molecule has 4 nitrogen and oxygen atoms in total. The lowest BCUT2D eigenvalue weighted by Gasteiger charge is -2.29. The molecule has 2 aromatic carbocycles. The number of benzene rings is 2. The Morgan fingerprint density at radius 1 is 1.00 bits per heavy atom. The molecule has 0 aliphatic rings. The van der Waals surface area contributed by atoms with E-state index in [1.165, 1.54) is 0 Å². The third-order valence-corrected chi connectivity index (χ3v) is 4.55. The molecule has 0 aliphatic heterocycles. The Morgan fingerprint density at radius 3 is 2.30 bits per heavy atom. The molecule has 0 aromatic heterocycles. The Kier molecular flexibility index (Phi) is 7.86. The maximum atomic E-state index is 13.0. The van der Waals surface area contributed by atoms with Gasteiger partial charge < -0.3 is 10.2 Å². The minimum Gasteiger partial charge on any atom is -0.352 e. The van der Waals surface area contributed by atoms with Crippen molar-refractivity contribution in [3.8, 4) is 0 Å². The summed E-state index contributed by atoms with van der Waals surface area (Å²) in [5.74, 6) is -0.203. The van der Waals surface area contributed by atoms with Crippen LogP contribution in [0, 0.1) is 0 Å². The number of nitrogens with zero attached hydrogens (tertiary/aromatic N) is 1. The van der Waals surface area contributed by atoms with Crippen LogP contribution in [0.15, 0.2) is 54.6 Å². The molecule has 5 heteroatoms. The average Bonchev–Trinajstić information content (AvgIpc) is 2.64. The minimum absolute atomic E-state index is 0.0207. The first-order valence-electron chi connectivity index (χ1n) is 9.25. The van der Waals surface area contributed by atoms with Gasteiger partial charge in [-0.1, -0.05) is 54.1 Å². The summed E-state index contributed by atoms with van der Waals surface area (Å²) in [6.07, 6.45) is 0.994. The van der Waals surface area contributed by atoms with Crippen LogP contribution in [0.5, 0.6) is 0 Å². The molecular formula is C22H27ClN2O2. The molecule has 0 fully saturated rings. The van der Waals surface area contributed by atoms with E-state index < -0.39 is 6.04 Å².